The van der Waals surface area contributed by atoms with Crippen molar-refractivity contribution < 1.29 is 0 Å². The van der Waals surface area contributed by atoms with Crippen LogP contribution in [0.2, 0.25) is 0 Å². The first-order valence-electron chi connectivity index (χ1n) is 7.35. The molecule has 0 bridgehead atoms. The molecule has 0 N–H and O–H groups in total. The van der Waals surface area contributed by atoms with Gasteiger partial charge in [-0.1, -0.05) is 43.0 Å². The number of thioether (sulfide) groups is 1. The number of rotatable bonds is 4. The van der Waals surface area contributed by atoms with E-state index in [-0.39, 0.29) is 11.3 Å². The average molecular weight is 321 g/mol. The van der Waals surface area contributed by atoms with Crippen LogP contribution in [0.25, 0.3) is 16.6 Å². The van der Waals surface area contributed by atoms with Gasteiger partial charge in [-0.2, -0.15) is 5.26 Å². The Morgan fingerprint density at radius 2 is 1.91 bits per heavy atom. The summed E-state index contributed by atoms with van der Waals surface area (Å²) >= 11 is 1.27. The molecule has 0 aliphatic carbocycles. The number of nitrogens with zero attached hydrogens (tertiary/aromatic N) is 3. The van der Waals surface area contributed by atoms with Gasteiger partial charge in [-0.05, 0) is 36.2 Å². The van der Waals surface area contributed by atoms with Gasteiger partial charge in [0.2, 0.25) is 0 Å². The van der Waals surface area contributed by atoms with Crippen molar-refractivity contribution in [2.75, 3.05) is 5.75 Å². The molecule has 0 aliphatic rings. The molecule has 1 heterocycles. The zero-order chi connectivity index (χ0) is 16.2. The molecule has 4 nitrogen and oxygen atoms in total. The second kappa shape index (κ2) is 6.67. The quantitative estimate of drug-likeness (QED) is 0.544. The fourth-order valence-corrected chi connectivity index (χ4v) is 3.09. The predicted octanol–water partition coefficient (Wildman–Crippen LogP) is 3.56. The first kappa shape index (κ1) is 15.3. The first-order chi connectivity index (χ1) is 11.2. The smallest absolute Gasteiger partial charge is 0.266 e. The van der Waals surface area contributed by atoms with Crippen molar-refractivity contribution in [1.82, 2.24) is 9.55 Å². The molecule has 0 saturated heterocycles. The number of nitriles is 1. The van der Waals surface area contributed by atoms with Crippen LogP contribution < -0.4 is 5.56 Å². The van der Waals surface area contributed by atoms with Gasteiger partial charge < -0.3 is 0 Å². The maximum Gasteiger partial charge on any atom is 0.266 e. The molecule has 2 aromatic carbocycles. The van der Waals surface area contributed by atoms with E-state index < -0.39 is 0 Å². The summed E-state index contributed by atoms with van der Waals surface area (Å²) in [5, 5.41) is 9.97. The Kier molecular flexibility index (Phi) is 4.45. The summed E-state index contributed by atoms with van der Waals surface area (Å²) in [4.78, 5) is 17.5. The van der Waals surface area contributed by atoms with Gasteiger partial charge in [0.05, 0.1) is 28.4 Å². The minimum atomic E-state index is -0.111. The van der Waals surface area contributed by atoms with Crippen LogP contribution in [-0.4, -0.2) is 15.3 Å². The summed E-state index contributed by atoms with van der Waals surface area (Å²) in [6.07, 6.45) is 0.946. The molecule has 0 fully saturated rings. The van der Waals surface area contributed by atoms with Crippen LogP contribution >= 0.6 is 11.8 Å². The van der Waals surface area contributed by atoms with E-state index in [1.165, 1.54) is 17.3 Å². The zero-order valence-corrected chi connectivity index (χ0v) is 13.5. The van der Waals surface area contributed by atoms with E-state index in [9.17, 15) is 4.79 Å². The number of hydrogen-bond donors (Lipinski definition) is 0. The minimum Gasteiger partial charge on any atom is -0.268 e. The van der Waals surface area contributed by atoms with Crippen molar-refractivity contribution in [2.24, 2.45) is 0 Å². The summed E-state index contributed by atoms with van der Waals surface area (Å²) in [5.74, 6) is 0.248. The van der Waals surface area contributed by atoms with Crippen LogP contribution in [0.5, 0.6) is 0 Å². The van der Waals surface area contributed by atoms with Crippen LogP contribution in [0.1, 0.15) is 12.5 Å². The van der Waals surface area contributed by atoms with E-state index in [4.69, 9.17) is 5.26 Å². The van der Waals surface area contributed by atoms with Gasteiger partial charge in [0, 0.05) is 0 Å². The first-order valence-corrected chi connectivity index (χ1v) is 8.34. The monoisotopic (exact) mass is 321 g/mol. The Labute approximate surface area is 138 Å². The van der Waals surface area contributed by atoms with Crippen LogP contribution in [0.15, 0.2) is 58.5 Å². The lowest BCUT2D eigenvalue weighted by Crippen LogP contribution is -2.21. The summed E-state index contributed by atoms with van der Waals surface area (Å²) in [7, 11) is 0. The van der Waals surface area contributed by atoms with Crippen molar-refractivity contribution in [3.63, 3.8) is 0 Å². The highest BCUT2D eigenvalue weighted by Crippen LogP contribution is 2.21. The zero-order valence-electron chi connectivity index (χ0n) is 12.7. The molecule has 5 heteroatoms. The Morgan fingerprint density at radius 1 is 1.17 bits per heavy atom. The lowest BCUT2D eigenvalue weighted by atomic mass is 10.1. The maximum atomic E-state index is 12.9. The molecule has 0 saturated carbocycles. The van der Waals surface area contributed by atoms with Crippen molar-refractivity contribution in [3.05, 3.63) is 64.4 Å². The summed E-state index contributed by atoms with van der Waals surface area (Å²) < 4.78 is 1.59. The number of para-hydroxylation sites is 1. The third kappa shape index (κ3) is 2.99. The van der Waals surface area contributed by atoms with E-state index in [0.29, 0.717) is 16.1 Å². The molecule has 0 amide bonds. The predicted molar refractivity (Wildman–Crippen MR) is 93.1 cm³/mol. The maximum absolute atomic E-state index is 12.9. The lowest BCUT2D eigenvalue weighted by Gasteiger charge is -2.12. The van der Waals surface area contributed by atoms with Crippen LogP contribution in [0.4, 0.5) is 0 Å². The van der Waals surface area contributed by atoms with Crippen molar-refractivity contribution in [2.45, 2.75) is 18.5 Å². The van der Waals surface area contributed by atoms with Crippen LogP contribution in [0, 0.1) is 11.3 Å². The molecular weight excluding hydrogens is 306 g/mol. The number of aryl methyl sites for hydroxylation is 1. The molecule has 0 atom stereocenters. The van der Waals surface area contributed by atoms with Gasteiger partial charge in [0.25, 0.3) is 5.56 Å². The molecule has 0 aliphatic heterocycles. The van der Waals surface area contributed by atoms with E-state index >= 15 is 0 Å². The topological polar surface area (TPSA) is 58.7 Å². The summed E-state index contributed by atoms with van der Waals surface area (Å²) in [6.45, 7) is 2.09. The second-order valence-corrected chi connectivity index (χ2v) is 5.96. The Morgan fingerprint density at radius 3 is 2.61 bits per heavy atom. The molecular formula is C18H15N3OS. The van der Waals surface area contributed by atoms with Crippen LogP contribution in [-0.2, 0) is 6.42 Å². The van der Waals surface area contributed by atoms with E-state index in [1.54, 1.807) is 10.6 Å². The number of fused-ring (bicyclic) bond motifs is 1. The van der Waals surface area contributed by atoms with Crippen molar-refractivity contribution >= 4 is 22.7 Å². The third-order valence-corrected chi connectivity index (χ3v) is 4.42. The fraction of sp³-hybridized carbons (Fsp3) is 0.167. The molecule has 3 aromatic rings. The molecule has 3 rings (SSSR count). The van der Waals surface area contributed by atoms with E-state index in [1.807, 2.05) is 42.5 Å². The van der Waals surface area contributed by atoms with E-state index in [0.717, 1.165) is 12.1 Å². The summed E-state index contributed by atoms with van der Waals surface area (Å²) in [5.41, 5.74) is 2.52. The molecule has 0 radical (unpaired) electrons. The second-order valence-electron chi connectivity index (χ2n) is 5.02. The van der Waals surface area contributed by atoms with Gasteiger partial charge in [-0.25, -0.2) is 4.98 Å². The normalized spacial score (nSPS) is 10.6. The standard InChI is InChI=1S/C18H15N3OS/c1-2-13-7-9-14(10-8-13)21-17(22)15-5-3-4-6-16(15)20-18(21)23-12-11-19/h3-10H,2,12H2,1H3. The van der Waals surface area contributed by atoms with Crippen molar-refractivity contribution in [3.8, 4) is 11.8 Å². The van der Waals surface area contributed by atoms with Gasteiger partial charge >= 0.3 is 0 Å². The number of benzene rings is 2. The molecule has 1 aromatic heterocycles. The Bertz CT molecular complexity index is 939. The molecule has 0 unspecified atom stereocenters. The largest absolute Gasteiger partial charge is 0.268 e. The average Bonchev–Trinajstić information content (AvgIpc) is 2.60. The van der Waals surface area contributed by atoms with Gasteiger partial charge in [0.1, 0.15) is 0 Å². The SMILES string of the molecule is CCc1ccc(-n2c(SCC#N)nc3ccccc3c2=O)cc1. The van der Waals surface area contributed by atoms with Crippen molar-refractivity contribution in [1.29, 1.82) is 5.26 Å². The molecule has 23 heavy (non-hydrogen) atoms. The minimum absolute atomic E-state index is 0.111. The number of hydrogen-bond acceptors (Lipinski definition) is 4. The van der Waals surface area contributed by atoms with Crippen LogP contribution in [0.3, 0.4) is 0 Å². The Hall–Kier alpha value is -2.58. The Balaban J connectivity index is 2.25. The highest BCUT2D eigenvalue weighted by Gasteiger charge is 2.12. The fourth-order valence-electron chi connectivity index (χ4n) is 2.41. The van der Waals surface area contributed by atoms with Gasteiger partial charge in [-0.15, -0.1) is 0 Å². The highest BCUT2D eigenvalue weighted by molar-refractivity contribution is 7.99. The van der Waals surface area contributed by atoms with Gasteiger partial charge in [0.15, 0.2) is 5.16 Å². The van der Waals surface area contributed by atoms with E-state index in [2.05, 4.69) is 18.0 Å². The summed E-state index contributed by atoms with van der Waals surface area (Å²) in [6, 6.07) is 17.2. The molecule has 0 spiro atoms. The molecule has 114 valence electrons. The van der Waals surface area contributed by atoms with Gasteiger partial charge in [-0.3, -0.25) is 9.36 Å². The third-order valence-electron chi connectivity index (χ3n) is 3.61. The lowest BCUT2D eigenvalue weighted by molar-refractivity contribution is 0.820. The number of aromatic nitrogens is 2. The highest BCUT2D eigenvalue weighted by atomic mass is 32.2.